The lowest BCUT2D eigenvalue weighted by molar-refractivity contribution is -0.121. The summed E-state index contributed by atoms with van der Waals surface area (Å²) in [6.07, 6.45) is 0.231. The van der Waals surface area contributed by atoms with Crippen LogP contribution in [0.4, 0.5) is 0 Å². The van der Waals surface area contributed by atoms with Gasteiger partial charge in [-0.05, 0) is 37.1 Å². The van der Waals surface area contributed by atoms with Gasteiger partial charge in [-0.1, -0.05) is 47.6 Å². The van der Waals surface area contributed by atoms with Crippen LogP contribution in [0.3, 0.4) is 0 Å². The average molecular weight is 350 g/mol. The van der Waals surface area contributed by atoms with Gasteiger partial charge >= 0.3 is 0 Å². The number of methoxy groups -OCH3 is 1. The topological polar surface area (TPSA) is 64.4 Å². The van der Waals surface area contributed by atoms with E-state index >= 15 is 0 Å². The summed E-state index contributed by atoms with van der Waals surface area (Å²) < 4.78 is 10.5. The molecule has 1 aromatic heterocycles. The van der Waals surface area contributed by atoms with E-state index in [1.807, 2.05) is 68.4 Å². The Hall–Kier alpha value is -3.08. The molecule has 3 aromatic rings. The van der Waals surface area contributed by atoms with E-state index in [0.29, 0.717) is 5.76 Å². The molecular formula is C21H22N2O3. The number of rotatable bonds is 6. The van der Waals surface area contributed by atoms with Gasteiger partial charge in [0.25, 0.3) is 0 Å². The standard InChI is InChI=1S/C21H22N2O3/c1-14-19(15(2)26-23-14)13-20(24)22-21(16-8-5-4-6-9-16)17-10-7-11-18(12-17)25-3/h4-12,21H,13H2,1-3H3,(H,22,24)/t21-/m1/s1. The number of nitrogens with one attached hydrogen (secondary N) is 1. The number of hydrogen-bond acceptors (Lipinski definition) is 4. The van der Waals surface area contributed by atoms with E-state index in [4.69, 9.17) is 9.26 Å². The van der Waals surface area contributed by atoms with Gasteiger partial charge in [-0.2, -0.15) is 0 Å². The first kappa shape index (κ1) is 17.7. The maximum Gasteiger partial charge on any atom is 0.225 e. The Morgan fingerprint density at radius 3 is 2.50 bits per heavy atom. The second-order valence-electron chi connectivity index (χ2n) is 6.17. The number of carbonyl (C=O) groups is 1. The highest BCUT2D eigenvalue weighted by molar-refractivity contribution is 5.80. The second kappa shape index (κ2) is 7.87. The Labute approximate surface area is 153 Å². The van der Waals surface area contributed by atoms with Crippen molar-refractivity contribution in [2.24, 2.45) is 0 Å². The zero-order valence-electron chi connectivity index (χ0n) is 15.2. The van der Waals surface area contributed by atoms with Crippen LogP contribution in [0.2, 0.25) is 0 Å². The van der Waals surface area contributed by atoms with Crippen molar-refractivity contribution in [1.82, 2.24) is 10.5 Å². The lowest BCUT2D eigenvalue weighted by Crippen LogP contribution is -2.30. The number of aryl methyl sites for hydroxylation is 2. The predicted octanol–water partition coefficient (Wildman–Crippen LogP) is 3.75. The third-order valence-corrected chi connectivity index (χ3v) is 4.38. The first-order valence-electron chi connectivity index (χ1n) is 8.48. The van der Waals surface area contributed by atoms with E-state index in [1.54, 1.807) is 7.11 Å². The summed E-state index contributed by atoms with van der Waals surface area (Å²) in [5.74, 6) is 1.34. The smallest absolute Gasteiger partial charge is 0.225 e. The van der Waals surface area contributed by atoms with Crippen LogP contribution >= 0.6 is 0 Å². The van der Waals surface area contributed by atoms with Crippen molar-refractivity contribution >= 4 is 5.91 Å². The van der Waals surface area contributed by atoms with E-state index in [-0.39, 0.29) is 18.4 Å². The lowest BCUT2D eigenvalue weighted by atomic mass is 9.98. The molecule has 1 heterocycles. The maximum absolute atomic E-state index is 12.7. The molecule has 134 valence electrons. The number of benzene rings is 2. The largest absolute Gasteiger partial charge is 0.497 e. The van der Waals surface area contributed by atoms with Crippen molar-refractivity contribution in [2.75, 3.05) is 7.11 Å². The summed E-state index contributed by atoms with van der Waals surface area (Å²) in [6, 6.07) is 17.3. The van der Waals surface area contributed by atoms with Crippen LogP contribution in [0.1, 0.15) is 34.2 Å². The molecule has 1 atom stereocenters. The Balaban J connectivity index is 1.87. The molecule has 5 nitrogen and oxygen atoms in total. The Bertz CT molecular complexity index is 868. The van der Waals surface area contributed by atoms with E-state index < -0.39 is 0 Å². The van der Waals surface area contributed by atoms with Crippen molar-refractivity contribution in [3.8, 4) is 5.75 Å². The van der Waals surface area contributed by atoms with Crippen molar-refractivity contribution < 1.29 is 14.1 Å². The average Bonchev–Trinajstić information content (AvgIpc) is 2.99. The Morgan fingerprint density at radius 2 is 1.85 bits per heavy atom. The van der Waals surface area contributed by atoms with Crippen LogP contribution in [-0.4, -0.2) is 18.2 Å². The van der Waals surface area contributed by atoms with Crippen molar-refractivity contribution in [3.05, 3.63) is 82.7 Å². The number of amides is 1. The first-order valence-corrected chi connectivity index (χ1v) is 8.48. The number of ether oxygens (including phenoxy) is 1. The summed E-state index contributed by atoms with van der Waals surface area (Å²) >= 11 is 0. The fourth-order valence-electron chi connectivity index (χ4n) is 2.95. The summed E-state index contributed by atoms with van der Waals surface area (Å²) in [4.78, 5) is 12.7. The molecule has 0 unspecified atom stereocenters. The van der Waals surface area contributed by atoms with Gasteiger partial charge < -0.3 is 14.6 Å². The van der Waals surface area contributed by atoms with Crippen LogP contribution in [0.5, 0.6) is 5.75 Å². The van der Waals surface area contributed by atoms with Gasteiger partial charge in [0.1, 0.15) is 11.5 Å². The van der Waals surface area contributed by atoms with Crippen LogP contribution in [0.25, 0.3) is 0 Å². The third kappa shape index (κ3) is 3.94. The van der Waals surface area contributed by atoms with Gasteiger partial charge in [0, 0.05) is 5.56 Å². The van der Waals surface area contributed by atoms with Crippen molar-refractivity contribution in [1.29, 1.82) is 0 Å². The molecule has 26 heavy (non-hydrogen) atoms. The highest BCUT2D eigenvalue weighted by Gasteiger charge is 2.20. The zero-order valence-corrected chi connectivity index (χ0v) is 15.2. The number of aromatic nitrogens is 1. The number of hydrogen-bond donors (Lipinski definition) is 1. The fourth-order valence-corrected chi connectivity index (χ4v) is 2.95. The van der Waals surface area contributed by atoms with Crippen molar-refractivity contribution in [3.63, 3.8) is 0 Å². The second-order valence-corrected chi connectivity index (χ2v) is 6.17. The highest BCUT2D eigenvalue weighted by Crippen LogP contribution is 2.25. The molecule has 1 N–H and O–H groups in total. The Morgan fingerprint density at radius 1 is 1.12 bits per heavy atom. The number of carbonyl (C=O) groups excluding carboxylic acids is 1. The molecule has 0 aliphatic heterocycles. The molecule has 0 aliphatic rings. The van der Waals surface area contributed by atoms with E-state index in [0.717, 1.165) is 28.1 Å². The predicted molar refractivity (Wildman–Crippen MR) is 99.1 cm³/mol. The van der Waals surface area contributed by atoms with E-state index in [2.05, 4.69) is 10.5 Å². The zero-order chi connectivity index (χ0) is 18.5. The van der Waals surface area contributed by atoms with E-state index in [1.165, 1.54) is 0 Å². The maximum atomic E-state index is 12.7. The molecule has 1 amide bonds. The van der Waals surface area contributed by atoms with Gasteiger partial charge in [-0.3, -0.25) is 4.79 Å². The van der Waals surface area contributed by atoms with Gasteiger partial charge in [0.05, 0.1) is 25.3 Å². The van der Waals surface area contributed by atoms with Crippen LogP contribution in [0, 0.1) is 13.8 Å². The minimum absolute atomic E-state index is 0.0870. The molecule has 0 aliphatic carbocycles. The van der Waals surface area contributed by atoms with Crippen LogP contribution in [0.15, 0.2) is 59.1 Å². The molecule has 0 spiro atoms. The minimum atomic E-state index is -0.265. The van der Waals surface area contributed by atoms with Gasteiger partial charge in [0.15, 0.2) is 0 Å². The number of nitrogens with zero attached hydrogens (tertiary/aromatic N) is 1. The quantitative estimate of drug-likeness (QED) is 0.735. The molecular weight excluding hydrogens is 328 g/mol. The molecule has 0 saturated carbocycles. The van der Waals surface area contributed by atoms with Gasteiger partial charge in [-0.25, -0.2) is 0 Å². The summed E-state index contributed by atoms with van der Waals surface area (Å²) in [5, 5.41) is 7.05. The molecule has 2 aromatic carbocycles. The van der Waals surface area contributed by atoms with E-state index in [9.17, 15) is 4.79 Å². The highest BCUT2D eigenvalue weighted by atomic mass is 16.5. The van der Waals surface area contributed by atoms with Crippen molar-refractivity contribution in [2.45, 2.75) is 26.3 Å². The minimum Gasteiger partial charge on any atom is -0.497 e. The molecule has 3 rings (SSSR count). The third-order valence-electron chi connectivity index (χ3n) is 4.38. The molecule has 0 radical (unpaired) electrons. The van der Waals surface area contributed by atoms with Gasteiger partial charge in [0.2, 0.25) is 5.91 Å². The molecule has 0 saturated heterocycles. The van der Waals surface area contributed by atoms with Crippen LogP contribution < -0.4 is 10.1 Å². The normalized spacial score (nSPS) is 11.8. The summed E-state index contributed by atoms with van der Waals surface area (Å²) in [5.41, 5.74) is 3.55. The Kier molecular flexibility index (Phi) is 5.37. The summed E-state index contributed by atoms with van der Waals surface area (Å²) in [6.45, 7) is 3.66. The fraction of sp³-hybridized carbons (Fsp3) is 0.238. The molecule has 0 fully saturated rings. The SMILES string of the molecule is COc1cccc([C@H](NC(=O)Cc2c(C)noc2C)c2ccccc2)c1. The first-order chi connectivity index (χ1) is 12.6. The molecule has 5 heteroatoms. The monoisotopic (exact) mass is 350 g/mol. The lowest BCUT2D eigenvalue weighted by Gasteiger charge is -2.20. The molecule has 0 bridgehead atoms. The summed E-state index contributed by atoms with van der Waals surface area (Å²) in [7, 11) is 1.63. The van der Waals surface area contributed by atoms with Crippen LogP contribution in [-0.2, 0) is 11.2 Å². The van der Waals surface area contributed by atoms with Gasteiger partial charge in [-0.15, -0.1) is 0 Å².